The van der Waals surface area contributed by atoms with Gasteiger partial charge < -0.3 is 0 Å². The van der Waals surface area contributed by atoms with E-state index in [0.29, 0.717) is 5.56 Å². The molecule has 0 unspecified atom stereocenters. The molecule has 78 valence electrons. The lowest BCUT2D eigenvalue weighted by Crippen LogP contribution is -2.11. The van der Waals surface area contributed by atoms with Crippen molar-refractivity contribution in [1.82, 2.24) is 0 Å². The van der Waals surface area contributed by atoms with Crippen molar-refractivity contribution in [1.29, 1.82) is 5.26 Å². The summed E-state index contributed by atoms with van der Waals surface area (Å²) in [6.07, 6.45) is -0.0468. The summed E-state index contributed by atoms with van der Waals surface area (Å²) in [5.74, 6) is -0.113. The summed E-state index contributed by atoms with van der Waals surface area (Å²) in [6, 6.07) is 9.34. The number of nitrogens with zero attached hydrogens (tertiary/aromatic N) is 1. The van der Waals surface area contributed by atoms with Gasteiger partial charge in [-0.25, -0.2) is 0 Å². The maximum absolute atomic E-state index is 11.4. The predicted molar refractivity (Wildman–Crippen MR) is 59.7 cm³/mol. The van der Waals surface area contributed by atoms with Crippen LogP contribution in [0, 0.1) is 11.3 Å². The molecule has 2 nitrogen and oxygen atoms in total. The molecule has 0 spiro atoms. The fourth-order valence-corrected chi connectivity index (χ4v) is 1.33. The third-order valence-corrected chi connectivity index (χ3v) is 2.31. The third kappa shape index (κ3) is 2.92. The highest BCUT2D eigenvalue weighted by atomic mass is 16.1. The van der Waals surface area contributed by atoms with Crippen LogP contribution >= 0.6 is 0 Å². The van der Waals surface area contributed by atoms with Crippen molar-refractivity contribution < 1.29 is 4.79 Å². The highest BCUT2D eigenvalue weighted by Crippen LogP contribution is 2.22. The van der Waals surface area contributed by atoms with Crippen molar-refractivity contribution in [2.45, 2.75) is 32.6 Å². The van der Waals surface area contributed by atoms with Gasteiger partial charge in [0.1, 0.15) is 0 Å². The van der Waals surface area contributed by atoms with E-state index in [1.165, 1.54) is 5.56 Å². The smallest absolute Gasteiger partial charge is 0.176 e. The Labute approximate surface area is 90.5 Å². The Morgan fingerprint density at radius 3 is 2.20 bits per heavy atom. The number of hydrogen-bond acceptors (Lipinski definition) is 2. The van der Waals surface area contributed by atoms with Crippen LogP contribution < -0.4 is 0 Å². The molecule has 1 aromatic carbocycles. The summed E-state index contributed by atoms with van der Waals surface area (Å²) in [5.41, 5.74) is 1.90. The zero-order valence-corrected chi connectivity index (χ0v) is 9.37. The van der Waals surface area contributed by atoms with Crippen molar-refractivity contribution in [2.75, 3.05) is 0 Å². The number of nitriles is 1. The monoisotopic (exact) mass is 201 g/mol. The van der Waals surface area contributed by atoms with Crippen LogP contribution in [0.4, 0.5) is 0 Å². The van der Waals surface area contributed by atoms with Gasteiger partial charge in [-0.2, -0.15) is 5.26 Å². The van der Waals surface area contributed by atoms with Crippen LogP contribution in [0.15, 0.2) is 24.3 Å². The second kappa shape index (κ2) is 4.27. The van der Waals surface area contributed by atoms with Gasteiger partial charge in [0.15, 0.2) is 5.78 Å². The molecule has 0 aliphatic heterocycles. The Morgan fingerprint density at radius 1 is 1.27 bits per heavy atom. The number of benzene rings is 1. The zero-order chi connectivity index (χ0) is 11.5. The third-order valence-electron chi connectivity index (χ3n) is 2.31. The molecule has 0 N–H and O–H groups in total. The summed E-state index contributed by atoms with van der Waals surface area (Å²) in [7, 11) is 0. The van der Waals surface area contributed by atoms with E-state index < -0.39 is 0 Å². The van der Waals surface area contributed by atoms with Crippen LogP contribution in [0.5, 0.6) is 0 Å². The number of rotatable bonds is 2. The number of Topliss-reactive ketones (excluding diaryl/α,β-unsaturated/α-hetero) is 1. The summed E-state index contributed by atoms with van der Waals surface area (Å²) in [6.45, 7) is 6.37. The molecule has 0 fully saturated rings. The van der Waals surface area contributed by atoms with Crippen molar-refractivity contribution in [3.63, 3.8) is 0 Å². The first-order chi connectivity index (χ1) is 6.95. The second-order valence-electron chi connectivity index (χ2n) is 4.59. The van der Waals surface area contributed by atoms with Crippen LogP contribution in [0.25, 0.3) is 0 Å². The van der Waals surface area contributed by atoms with E-state index in [9.17, 15) is 4.79 Å². The molecule has 0 amide bonds. The van der Waals surface area contributed by atoms with E-state index in [1.807, 2.05) is 18.2 Å². The van der Waals surface area contributed by atoms with E-state index in [0.717, 1.165) is 0 Å². The maximum Gasteiger partial charge on any atom is 0.176 e. The minimum Gasteiger partial charge on any atom is -0.293 e. The molecule has 0 bridgehead atoms. The topological polar surface area (TPSA) is 40.9 Å². The van der Waals surface area contributed by atoms with Crippen LogP contribution in [-0.4, -0.2) is 5.78 Å². The van der Waals surface area contributed by atoms with Gasteiger partial charge in [0.25, 0.3) is 0 Å². The Hall–Kier alpha value is -1.62. The first-order valence-electron chi connectivity index (χ1n) is 4.96. The molecule has 0 aliphatic rings. The van der Waals surface area contributed by atoms with Crippen molar-refractivity contribution in [3.8, 4) is 6.07 Å². The molecule has 0 radical (unpaired) electrons. The Bertz CT molecular complexity index is 390. The molecule has 0 saturated carbocycles. The molecular weight excluding hydrogens is 186 g/mol. The molecule has 1 rings (SSSR count). The van der Waals surface area contributed by atoms with E-state index in [2.05, 4.69) is 20.8 Å². The average Bonchev–Trinajstić information content (AvgIpc) is 2.17. The van der Waals surface area contributed by atoms with Gasteiger partial charge in [-0.05, 0) is 11.0 Å². The van der Waals surface area contributed by atoms with Crippen LogP contribution in [0.1, 0.15) is 43.1 Å². The van der Waals surface area contributed by atoms with Gasteiger partial charge >= 0.3 is 0 Å². The van der Waals surface area contributed by atoms with E-state index in [4.69, 9.17) is 5.26 Å². The van der Waals surface area contributed by atoms with Gasteiger partial charge in [0.2, 0.25) is 0 Å². The first-order valence-corrected chi connectivity index (χ1v) is 4.96. The van der Waals surface area contributed by atoms with Gasteiger partial charge in [-0.3, -0.25) is 4.79 Å². The number of hydrogen-bond donors (Lipinski definition) is 0. The van der Waals surface area contributed by atoms with E-state index in [-0.39, 0.29) is 17.6 Å². The van der Waals surface area contributed by atoms with Gasteiger partial charge in [0.05, 0.1) is 12.5 Å². The normalized spacial score (nSPS) is 10.8. The Morgan fingerprint density at radius 2 is 1.80 bits per heavy atom. The summed E-state index contributed by atoms with van der Waals surface area (Å²) in [5, 5.41) is 8.41. The molecule has 15 heavy (non-hydrogen) atoms. The second-order valence-corrected chi connectivity index (χ2v) is 4.59. The lowest BCUT2D eigenvalue weighted by Gasteiger charge is -2.18. The fraction of sp³-hybridized carbons (Fsp3) is 0.385. The molecular formula is C13H15NO. The summed E-state index contributed by atoms with van der Waals surface area (Å²) < 4.78 is 0. The minimum atomic E-state index is -0.113. The van der Waals surface area contributed by atoms with Crippen molar-refractivity contribution >= 4 is 5.78 Å². The maximum atomic E-state index is 11.4. The quantitative estimate of drug-likeness (QED) is 0.690. The SMILES string of the molecule is CC(C)(C)c1ccc(C(=O)CC#N)cc1. The number of ketones is 1. The van der Waals surface area contributed by atoms with Crippen molar-refractivity contribution in [3.05, 3.63) is 35.4 Å². The zero-order valence-electron chi connectivity index (χ0n) is 9.37. The predicted octanol–water partition coefficient (Wildman–Crippen LogP) is 3.08. The van der Waals surface area contributed by atoms with Crippen LogP contribution in [0.3, 0.4) is 0 Å². The standard InChI is InChI=1S/C13H15NO/c1-13(2,3)11-6-4-10(5-7-11)12(15)8-9-14/h4-7H,8H2,1-3H3. The minimum absolute atomic E-state index is 0.0468. The summed E-state index contributed by atoms with van der Waals surface area (Å²) in [4.78, 5) is 11.4. The largest absolute Gasteiger partial charge is 0.293 e. The molecule has 0 saturated heterocycles. The Kier molecular flexibility index (Phi) is 3.26. The van der Waals surface area contributed by atoms with Crippen molar-refractivity contribution in [2.24, 2.45) is 0 Å². The number of carbonyl (C=O) groups excluding carboxylic acids is 1. The van der Waals surface area contributed by atoms with Gasteiger partial charge in [-0.15, -0.1) is 0 Å². The molecule has 0 aliphatic carbocycles. The van der Waals surface area contributed by atoms with E-state index in [1.54, 1.807) is 12.1 Å². The Balaban J connectivity index is 2.92. The average molecular weight is 201 g/mol. The summed E-state index contributed by atoms with van der Waals surface area (Å²) >= 11 is 0. The van der Waals surface area contributed by atoms with Gasteiger partial charge in [-0.1, -0.05) is 45.0 Å². The van der Waals surface area contributed by atoms with Crippen LogP contribution in [-0.2, 0) is 5.41 Å². The van der Waals surface area contributed by atoms with Crippen LogP contribution in [0.2, 0.25) is 0 Å². The lowest BCUT2D eigenvalue weighted by molar-refractivity contribution is 0.0997. The molecule has 2 heteroatoms. The molecule has 1 aromatic rings. The van der Waals surface area contributed by atoms with Gasteiger partial charge in [0, 0.05) is 5.56 Å². The molecule has 0 aromatic heterocycles. The molecule has 0 atom stereocenters. The highest BCUT2D eigenvalue weighted by Gasteiger charge is 2.13. The van der Waals surface area contributed by atoms with E-state index >= 15 is 0 Å². The molecule has 0 heterocycles. The lowest BCUT2D eigenvalue weighted by atomic mass is 9.86. The number of carbonyl (C=O) groups is 1. The first kappa shape index (κ1) is 11.5. The highest BCUT2D eigenvalue weighted by molar-refractivity contribution is 5.97. The fourth-order valence-electron chi connectivity index (χ4n) is 1.33.